The predicted octanol–water partition coefficient (Wildman–Crippen LogP) is 0.0647. The van der Waals surface area contributed by atoms with Crippen molar-refractivity contribution >= 4 is 22.9 Å². The summed E-state index contributed by atoms with van der Waals surface area (Å²) in [7, 11) is 0. The Labute approximate surface area is 167 Å². The van der Waals surface area contributed by atoms with Gasteiger partial charge in [0.1, 0.15) is 24.6 Å². The van der Waals surface area contributed by atoms with Gasteiger partial charge in [0.15, 0.2) is 23.2 Å². The lowest BCUT2D eigenvalue weighted by Crippen LogP contribution is -2.33. The number of hydrogen-bond acceptors (Lipinski definition) is 9. The summed E-state index contributed by atoms with van der Waals surface area (Å²) in [6.07, 6.45) is -1.32. The van der Waals surface area contributed by atoms with E-state index >= 15 is 0 Å². The smallest absolute Gasteiger partial charge is 0.207 e. The van der Waals surface area contributed by atoms with Crippen LogP contribution in [0.1, 0.15) is 18.2 Å². The Morgan fingerprint density at radius 3 is 2.66 bits per heavy atom. The van der Waals surface area contributed by atoms with Crippen LogP contribution in [-0.2, 0) is 11.2 Å². The van der Waals surface area contributed by atoms with Crippen LogP contribution >= 0.6 is 0 Å². The monoisotopic (exact) mass is 400 g/mol. The molecule has 4 rings (SSSR count). The van der Waals surface area contributed by atoms with Gasteiger partial charge in [0, 0.05) is 6.54 Å². The third kappa shape index (κ3) is 3.75. The largest absolute Gasteiger partial charge is 0.394 e. The number of anilines is 2. The number of aryl methyl sites for hydroxylation is 1. The number of benzene rings is 1. The molecule has 1 fully saturated rings. The van der Waals surface area contributed by atoms with Crippen molar-refractivity contribution < 1.29 is 20.1 Å². The molecule has 0 bridgehead atoms. The molecule has 0 spiro atoms. The van der Waals surface area contributed by atoms with E-state index in [0.29, 0.717) is 23.7 Å². The third-order valence-corrected chi connectivity index (χ3v) is 5.05. The standard InChI is InChI=1S/C19H24N6O4/c20-16-13-17(23-10-22-16)25(18-15(28)14(27)12(9-26)29-18)19(24-13)21-8-4-7-11-5-2-1-3-6-11/h1-3,5-6,10,12,14-15,18,26-28H,4,7-9H2,(H,21,24)(H2,20,22,23)/t12-,14-,15-,18-/m1/s1. The maximum absolute atomic E-state index is 10.5. The van der Waals surface area contributed by atoms with Crippen LogP contribution in [-0.4, -0.2) is 66.3 Å². The number of nitrogens with one attached hydrogen (secondary N) is 1. The number of imidazole rings is 1. The van der Waals surface area contributed by atoms with E-state index in [1.54, 1.807) is 4.57 Å². The SMILES string of the molecule is Nc1ncnc2c1nc(NCCCc1ccccc1)n2[C@@H]1O[C@H](CO)[C@@H](O)[C@H]1O. The molecule has 0 radical (unpaired) electrons. The van der Waals surface area contributed by atoms with Crippen LogP contribution < -0.4 is 11.1 Å². The minimum absolute atomic E-state index is 0.202. The summed E-state index contributed by atoms with van der Waals surface area (Å²) in [6.45, 7) is 0.193. The highest BCUT2D eigenvalue weighted by Gasteiger charge is 2.45. The Kier molecular flexibility index (Phi) is 5.58. The van der Waals surface area contributed by atoms with Gasteiger partial charge in [-0.05, 0) is 18.4 Å². The molecule has 0 amide bonds. The number of rotatable bonds is 7. The second-order valence-corrected chi connectivity index (χ2v) is 6.98. The van der Waals surface area contributed by atoms with Crippen LogP contribution in [0.3, 0.4) is 0 Å². The molecular formula is C19H24N6O4. The second-order valence-electron chi connectivity index (χ2n) is 6.98. The van der Waals surface area contributed by atoms with Crippen LogP contribution in [0.2, 0.25) is 0 Å². The zero-order chi connectivity index (χ0) is 20.4. The van der Waals surface area contributed by atoms with Crippen molar-refractivity contribution in [1.29, 1.82) is 0 Å². The molecule has 0 aliphatic carbocycles. The van der Waals surface area contributed by atoms with E-state index in [0.717, 1.165) is 12.8 Å². The van der Waals surface area contributed by atoms with Gasteiger partial charge in [-0.15, -0.1) is 0 Å². The number of fused-ring (bicyclic) bond motifs is 1. The number of aliphatic hydroxyl groups excluding tert-OH is 3. The van der Waals surface area contributed by atoms with E-state index in [-0.39, 0.29) is 5.82 Å². The highest BCUT2D eigenvalue weighted by molar-refractivity contribution is 5.84. The van der Waals surface area contributed by atoms with Gasteiger partial charge >= 0.3 is 0 Å². The minimum atomic E-state index is -1.26. The highest BCUT2D eigenvalue weighted by Crippen LogP contribution is 2.35. The van der Waals surface area contributed by atoms with Gasteiger partial charge in [0.25, 0.3) is 0 Å². The average Bonchev–Trinajstić information content (AvgIpc) is 3.24. The van der Waals surface area contributed by atoms with Crippen LogP contribution in [0.5, 0.6) is 0 Å². The fraction of sp³-hybridized carbons (Fsp3) is 0.421. The summed E-state index contributed by atoms with van der Waals surface area (Å²) < 4.78 is 7.23. The normalized spacial score (nSPS) is 24.2. The van der Waals surface area contributed by atoms with Crippen molar-refractivity contribution in [3.05, 3.63) is 42.2 Å². The van der Waals surface area contributed by atoms with E-state index in [1.807, 2.05) is 18.2 Å². The van der Waals surface area contributed by atoms with Gasteiger partial charge < -0.3 is 31.1 Å². The molecule has 3 aromatic rings. The number of aliphatic hydroxyl groups is 3. The molecule has 154 valence electrons. The number of nitrogen functional groups attached to an aromatic ring is 1. The lowest BCUT2D eigenvalue weighted by Gasteiger charge is -2.19. The van der Waals surface area contributed by atoms with Crippen LogP contribution in [0, 0.1) is 0 Å². The van der Waals surface area contributed by atoms with Gasteiger partial charge in [-0.2, -0.15) is 0 Å². The molecule has 1 aromatic carbocycles. The molecule has 10 nitrogen and oxygen atoms in total. The average molecular weight is 400 g/mol. The summed E-state index contributed by atoms with van der Waals surface area (Å²) in [5.74, 6) is 0.600. The van der Waals surface area contributed by atoms with Gasteiger partial charge in [-0.3, -0.25) is 4.57 Å². The zero-order valence-electron chi connectivity index (χ0n) is 15.7. The third-order valence-electron chi connectivity index (χ3n) is 5.05. The topological polar surface area (TPSA) is 152 Å². The molecule has 3 heterocycles. The molecule has 4 atom stereocenters. The summed E-state index contributed by atoms with van der Waals surface area (Å²) in [5, 5.41) is 33.2. The zero-order valence-corrected chi connectivity index (χ0v) is 15.7. The Hall–Kier alpha value is -2.79. The molecule has 1 saturated heterocycles. The molecule has 6 N–H and O–H groups in total. The van der Waals surface area contributed by atoms with Crippen molar-refractivity contribution in [2.24, 2.45) is 0 Å². The number of nitrogens with zero attached hydrogens (tertiary/aromatic N) is 4. The van der Waals surface area contributed by atoms with Crippen molar-refractivity contribution in [3.8, 4) is 0 Å². The Bertz CT molecular complexity index is 966. The van der Waals surface area contributed by atoms with Crippen LogP contribution in [0.25, 0.3) is 11.2 Å². The minimum Gasteiger partial charge on any atom is -0.394 e. The first-order valence-electron chi connectivity index (χ1n) is 9.48. The Morgan fingerprint density at radius 2 is 1.93 bits per heavy atom. The van der Waals surface area contributed by atoms with Crippen LogP contribution in [0.15, 0.2) is 36.7 Å². The second kappa shape index (κ2) is 8.29. The van der Waals surface area contributed by atoms with Gasteiger partial charge in [-0.25, -0.2) is 15.0 Å². The maximum atomic E-state index is 10.5. The van der Waals surface area contributed by atoms with Crippen molar-refractivity contribution in [1.82, 2.24) is 19.5 Å². The fourth-order valence-electron chi connectivity index (χ4n) is 3.52. The van der Waals surface area contributed by atoms with Crippen molar-refractivity contribution in [2.75, 3.05) is 24.2 Å². The first-order valence-corrected chi connectivity index (χ1v) is 9.48. The fourth-order valence-corrected chi connectivity index (χ4v) is 3.52. The predicted molar refractivity (Wildman–Crippen MR) is 106 cm³/mol. The summed E-state index contributed by atoms with van der Waals surface area (Å²) in [4.78, 5) is 12.7. The number of nitrogens with two attached hydrogens (primary N) is 1. The first-order chi connectivity index (χ1) is 14.1. The van der Waals surface area contributed by atoms with E-state index in [1.165, 1.54) is 11.9 Å². The molecule has 1 aliphatic rings. The van der Waals surface area contributed by atoms with Crippen molar-refractivity contribution in [3.63, 3.8) is 0 Å². The quantitative estimate of drug-likeness (QED) is 0.347. The summed E-state index contributed by atoms with van der Waals surface area (Å²) in [6, 6.07) is 10.1. The van der Waals surface area contributed by atoms with Crippen molar-refractivity contribution in [2.45, 2.75) is 37.4 Å². The molecular weight excluding hydrogens is 376 g/mol. The van der Waals surface area contributed by atoms with E-state index in [4.69, 9.17) is 10.5 Å². The van der Waals surface area contributed by atoms with Gasteiger partial charge in [0.2, 0.25) is 5.95 Å². The molecule has 1 aliphatic heterocycles. The van der Waals surface area contributed by atoms with Gasteiger partial charge in [0.05, 0.1) is 6.61 Å². The Morgan fingerprint density at radius 1 is 1.14 bits per heavy atom. The Balaban J connectivity index is 1.58. The summed E-state index contributed by atoms with van der Waals surface area (Å²) in [5.41, 5.74) is 7.92. The number of ether oxygens (including phenoxy) is 1. The van der Waals surface area contributed by atoms with E-state index in [2.05, 4.69) is 32.4 Å². The number of aromatic nitrogens is 4. The molecule has 0 saturated carbocycles. The molecule has 29 heavy (non-hydrogen) atoms. The van der Waals surface area contributed by atoms with E-state index in [9.17, 15) is 15.3 Å². The number of hydrogen-bond donors (Lipinski definition) is 5. The van der Waals surface area contributed by atoms with Crippen LogP contribution in [0.4, 0.5) is 11.8 Å². The lowest BCUT2D eigenvalue weighted by molar-refractivity contribution is -0.0501. The van der Waals surface area contributed by atoms with E-state index < -0.39 is 31.1 Å². The molecule has 0 unspecified atom stereocenters. The highest BCUT2D eigenvalue weighted by atomic mass is 16.6. The van der Waals surface area contributed by atoms with Gasteiger partial charge in [-0.1, -0.05) is 30.3 Å². The molecule has 2 aromatic heterocycles. The lowest BCUT2D eigenvalue weighted by atomic mass is 10.1. The molecule has 10 heteroatoms. The first kappa shape index (κ1) is 19.5. The summed E-state index contributed by atoms with van der Waals surface area (Å²) >= 11 is 0. The maximum Gasteiger partial charge on any atom is 0.207 e.